The molecule has 4 rings (SSSR count). The van der Waals surface area contributed by atoms with E-state index in [1.54, 1.807) is 36.4 Å². The van der Waals surface area contributed by atoms with Crippen molar-refractivity contribution < 1.29 is 17.9 Å². The van der Waals surface area contributed by atoms with Gasteiger partial charge in [0.2, 0.25) is 5.91 Å². The van der Waals surface area contributed by atoms with Crippen LogP contribution in [-0.4, -0.2) is 32.7 Å². The number of benzene rings is 3. The summed E-state index contributed by atoms with van der Waals surface area (Å²) in [6, 6.07) is 19.5. The van der Waals surface area contributed by atoms with Crippen LogP contribution in [-0.2, 0) is 14.8 Å². The van der Waals surface area contributed by atoms with Crippen LogP contribution in [0.25, 0.3) is 0 Å². The van der Waals surface area contributed by atoms with Gasteiger partial charge in [-0.1, -0.05) is 29.8 Å². The molecule has 0 fully saturated rings. The highest BCUT2D eigenvalue weighted by Crippen LogP contribution is 2.40. The quantitative estimate of drug-likeness (QED) is 0.405. The largest absolute Gasteiger partial charge is 0.487 e. The van der Waals surface area contributed by atoms with Gasteiger partial charge in [0, 0.05) is 16.9 Å². The zero-order valence-electron chi connectivity index (χ0n) is 21.2. The first-order valence-corrected chi connectivity index (χ1v) is 14.5. The molecule has 0 bridgehead atoms. The van der Waals surface area contributed by atoms with Crippen LogP contribution >= 0.6 is 11.8 Å². The molecule has 0 radical (unpaired) electrons. The van der Waals surface area contributed by atoms with E-state index in [-0.39, 0.29) is 23.4 Å². The van der Waals surface area contributed by atoms with E-state index in [0.29, 0.717) is 12.1 Å². The van der Waals surface area contributed by atoms with Gasteiger partial charge in [0.05, 0.1) is 16.6 Å². The summed E-state index contributed by atoms with van der Waals surface area (Å²) in [6.07, 6.45) is 2.51. The summed E-state index contributed by atoms with van der Waals surface area (Å²) < 4.78 is 34.7. The molecule has 0 aromatic heterocycles. The van der Waals surface area contributed by atoms with E-state index in [1.807, 2.05) is 64.3 Å². The number of carbonyl (C=O) groups is 1. The van der Waals surface area contributed by atoms with Gasteiger partial charge in [-0.05, 0) is 82.0 Å². The summed E-state index contributed by atoms with van der Waals surface area (Å²) in [7, 11) is -3.98. The minimum absolute atomic E-state index is 0.140. The average molecular weight is 525 g/mol. The minimum atomic E-state index is -3.98. The van der Waals surface area contributed by atoms with E-state index < -0.39 is 15.6 Å². The normalized spacial score (nSPS) is 16.5. The molecule has 0 saturated heterocycles. The molecule has 0 aliphatic carbocycles. The Bertz CT molecular complexity index is 1350. The first-order chi connectivity index (χ1) is 17.0. The predicted octanol–water partition coefficient (Wildman–Crippen LogP) is 5.64. The second-order valence-corrected chi connectivity index (χ2v) is 12.5. The van der Waals surface area contributed by atoms with E-state index in [4.69, 9.17) is 4.74 Å². The first kappa shape index (κ1) is 26.1. The number of fused-ring (bicyclic) bond motifs is 1. The van der Waals surface area contributed by atoms with Gasteiger partial charge in [0.25, 0.3) is 10.0 Å². The van der Waals surface area contributed by atoms with Crippen LogP contribution in [0.3, 0.4) is 0 Å². The summed E-state index contributed by atoms with van der Waals surface area (Å²) in [6.45, 7) is 7.56. The lowest BCUT2D eigenvalue weighted by atomic mass is 9.89. The number of hydrogen-bond acceptors (Lipinski definition) is 5. The van der Waals surface area contributed by atoms with Crippen molar-refractivity contribution in [3.8, 4) is 5.75 Å². The fourth-order valence-corrected chi connectivity index (χ4v) is 6.19. The van der Waals surface area contributed by atoms with Gasteiger partial charge in [-0.25, -0.2) is 8.42 Å². The Morgan fingerprint density at radius 1 is 1.03 bits per heavy atom. The highest BCUT2D eigenvalue weighted by atomic mass is 32.2. The number of ether oxygens (including phenoxy) is 1. The van der Waals surface area contributed by atoms with Gasteiger partial charge in [-0.2, -0.15) is 0 Å². The number of thioether (sulfide) groups is 1. The molecule has 8 heteroatoms. The van der Waals surface area contributed by atoms with E-state index in [1.165, 1.54) is 16.1 Å². The fraction of sp³-hybridized carbons (Fsp3) is 0.321. The molecule has 1 atom stereocenters. The Labute approximate surface area is 218 Å². The summed E-state index contributed by atoms with van der Waals surface area (Å²) in [5.74, 6) is 0.363. The third-order valence-corrected chi connectivity index (χ3v) is 8.75. The van der Waals surface area contributed by atoms with Crippen LogP contribution in [0.5, 0.6) is 5.75 Å². The molecule has 6 nitrogen and oxygen atoms in total. The summed E-state index contributed by atoms with van der Waals surface area (Å²) >= 11 is 1.54. The number of amides is 1. The number of rotatable bonds is 7. The molecule has 1 heterocycles. The van der Waals surface area contributed by atoms with Crippen molar-refractivity contribution in [2.24, 2.45) is 0 Å². The van der Waals surface area contributed by atoms with E-state index in [9.17, 15) is 13.2 Å². The second kappa shape index (κ2) is 10.2. The number of anilines is 1. The van der Waals surface area contributed by atoms with Gasteiger partial charge in [0.15, 0.2) is 0 Å². The van der Waals surface area contributed by atoms with Crippen LogP contribution in [0.2, 0.25) is 0 Å². The van der Waals surface area contributed by atoms with Crippen molar-refractivity contribution in [1.82, 2.24) is 5.32 Å². The summed E-state index contributed by atoms with van der Waals surface area (Å²) in [5.41, 5.74) is 2.93. The molecule has 1 amide bonds. The number of carbonyl (C=O) groups excluding carboxylic acids is 1. The molecule has 1 N–H and O–H groups in total. The molecule has 0 saturated carbocycles. The lowest BCUT2D eigenvalue weighted by molar-refractivity contribution is -0.120. The number of nitrogens with one attached hydrogen (secondary N) is 1. The monoisotopic (exact) mass is 524 g/mol. The maximum absolute atomic E-state index is 13.7. The number of hydrogen-bond donors (Lipinski definition) is 1. The molecule has 3 aromatic rings. The molecule has 36 heavy (non-hydrogen) atoms. The smallest absolute Gasteiger partial charge is 0.264 e. The predicted molar refractivity (Wildman–Crippen MR) is 145 cm³/mol. The maximum atomic E-state index is 13.7. The lowest BCUT2D eigenvalue weighted by Gasteiger charge is -2.38. The SMILES string of the molecule is CSc1ccc(S(=O)(=O)N(CC(=O)NC2CC(C)(C)Oc3cc(C)ccc32)c2ccc(C)cc2)cc1. The van der Waals surface area contributed by atoms with Crippen molar-refractivity contribution in [3.63, 3.8) is 0 Å². The Kier molecular flexibility index (Phi) is 7.38. The van der Waals surface area contributed by atoms with E-state index >= 15 is 0 Å². The fourth-order valence-electron chi connectivity index (χ4n) is 4.36. The zero-order valence-corrected chi connectivity index (χ0v) is 22.9. The molecule has 0 spiro atoms. The highest BCUT2D eigenvalue weighted by molar-refractivity contribution is 7.98. The Balaban J connectivity index is 1.64. The zero-order chi connectivity index (χ0) is 26.1. The summed E-state index contributed by atoms with van der Waals surface area (Å²) in [5, 5.41) is 3.08. The van der Waals surface area contributed by atoms with Crippen molar-refractivity contribution in [3.05, 3.63) is 83.4 Å². The number of nitrogens with zero attached hydrogens (tertiary/aromatic N) is 1. The van der Waals surface area contributed by atoms with Crippen LogP contribution in [0.1, 0.15) is 43.0 Å². The molecular weight excluding hydrogens is 492 g/mol. The number of sulfonamides is 1. The molecule has 1 aliphatic heterocycles. The van der Waals surface area contributed by atoms with Crippen LogP contribution < -0.4 is 14.4 Å². The summed E-state index contributed by atoms with van der Waals surface area (Å²) in [4.78, 5) is 14.5. The number of aryl methyl sites for hydroxylation is 2. The van der Waals surface area contributed by atoms with Gasteiger partial charge >= 0.3 is 0 Å². The first-order valence-electron chi connectivity index (χ1n) is 11.8. The van der Waals surface area contributed by atoms with Gasteiger partial charge < -0.3 is 10.1 Å². The van der Waals surface area contributed by atoms with Crippen molar-refractivity contribution >= 4 is 33.4 Å². The third kappa shape index (κ3) is 5.71. The lowest BCUT2D eigenvalue weighted by Crippen LogP contribution is -2.45. The van der Waals surface area contributed by atoms with Gasteiger partial charge in [-0.3, -0.25) is 9.10 Å². The maximum Gasteiger partial charge on any atom is 0.264 e. The molecule has 190 valence electrons. The second-order valence-electron chi connectivity index (χ2n) is 9.75. The highest BCUT2D eigenvalue weighted by Gasteiger charge is 2.35. The Morgan fingerprint density at radius 3 is 2.31 bits per heavy atom. The minimum Gasteiger partial charge on any atom is -0.487 e. The van der Waals surface area contributed by atoms with Crippen molar-refractivity contribution in [2.45, 2.75) is 55.5 Å². The standard InChI is InChI=1S/C28H32N2O4S2/c1-19-6-9-21(10-7-19)30(36(32,33)23-13-11-22(35-5)12-14-23)18-27(31)29-25-17-28(3,4)34-26-16-20(2)8-15-24(25)26/h6-16,25H,17-18H2,1-5H3,(H,29,31). The topological polar surface area (TPSA) is 75.7 Å². The molecular formula is C28H32N2O4S2. The van der Waals surface area contributed by atoms with Gasteiger partial charge in [0.1, 0.15) is 17.9 Å². The van der Waals surface area contributed by atoms with E-state index in [2.05, 4.69) is 5.32 Å². The third-order valence-electron chi connectivity index (χ3n) is 6.22. The van der Waals surface area contributed by atoms with E-state index in [0.717, 1.165) is 27.3 Å². The van der Waals surface area contributed by atoms with Crippen molar-refractivity contribution in [2.75, 3.05) is 17.1 Å². The molecule has 1 aliphatic rings. The van der Waals surface area contributed by atoms with Crippen LogP contribution in [0.4, 0.5) is 5.69 Å². The Morgan fingerprint density at radius 2 is 1.67 bits per heavy atom. The van der Waals surface area contributed by atoms with Gasteiger partial charge in [-0.15, -0.1) is 11.8 Å². The molecule has 3 aromatic carbocycles. The van der Waals surface area contributed by atoms with Crippen LogP contribution in [0, 0.1) is 13.8 Å². The van der Waals surface area contributed by atoms with Crippen molar-refractivity contribution in [1.29, 1.82) is 0 Å². The molecule has 1 unspecified atom stereocenters. The van der Waals surface area contributed by atoms with Crippen LogP contribution in [0.15, 0.2) is 76.5 Å². The average Bonchev–Trinajstić information content (AvgIpc) is 2.82. The Hall–Kier alpha value is -2.97.